The van der Waals surface area contributed by atoms with Crippen molar-refractivity contribution in [1.82, 2.24) is 5.32 Å². The number of hydrogen-bond donors (Lipinski definition) is 1. The van der Waals surface area contributed by atoms with Gasteiger partial charge in [0.1, 0.15) is 5.83 Å². The Morgan fingerprint density at radius 3 is 2.92 bits per heavy atom. The van der Waals surface area contributed by atoms with Gasteiger partial charge >= 0.3 is 0 Å². The van der Waals surface area contributed by atoms with Gasteiger partial charge in [-0.25, -0.2) is 4.39 Å². The monoisotopic (exact) mass is 167 g/mol. The molecule has 1 saturated heterocycles. The lowest BCUT2D eigenvalue weighted by Gasteiger charge is -2.10. The van der Waals surface area contributed by atoms with Crippen molar-refractivity contribution < 1.29 is 14.0 Å². The highest BCUT2D eigenvalue weighted by Crippen LogP contribution is 2.28. The molecule has 2 aliphatic rings. The molecule has 0 aromatic heterocycles. The van der Waals surface area contributed by atoms with Crippen LogP contribution in [0.15, 0.2) is 23.7 Å². The molecule has 0 bridgehead atoms. The van der Waals surface area contributed by atoms with E-state index in [1.165, 1.54) is 12.2 Å². The number of halogens is 1. The molecule has 0 radical (unpaired) electrons. The minimum absolute atomic E-state index is 0.0173. The molecule has 1 unspecified atom stereocenters. The summed E-state index contributed by atoms with van der Waals surface area (Å²) in [6.07, 6.45) is 2.72. The van der Waals surface area contributed by atoms with Crippen LogP contribution in [0, 0.1) is 5.92 Å². The topological polar surface area (TPSA) is 46.2 Å². The Hall–Kier alpha value is -1.45. The molecule has 0 aromatic rings. The second kappa shape index (κ2) is 2.27. The third-order valence-corrected chi connectivity index (χ3v) is 2.02. The first-order valence-corrected chi connectivity index (χ1v) is 3.60. The molecule has 0 saturated carbocycles. The smallest absolute Gasteiger partial charge is 0.292 e. The highest BCUT2D eigenvalue weighted by atomic mass is 19.1. The van der Waals surface area contributed by atoms with Crippen LogP contribution in [0.2, 0.25) is 0 Å². The lowest BCUT2D eigenvalue weighted by molar-refractivity contribution is -0.136. The van der Waals surface area contributed by atoms with E-state index in [0.29, 0.717) is 5.70 Å². The van der Waals surface area contributed by atoms with E-state index in [1.54, 1.807) is 0 Å². The van der Waals surface area contributed by atoms with Crippen LogP contribution in [0.5, 0.6) is 0 Å². The summed E-state index contributed by atoms with van der Waals surface area (Å²) < 4.78 is 12.6. The maximum Gasteiger partial charge on any atom is 0.292 e. The number of rotatable bonds is 0. The SMILES string of the molecule is O=C1NC2=CC=C(F)CC2C1=O. The fourth-order valence-corrected chi connectivity index (χ4v) is 1.38. The number of carbonyl (C=O) groups is 2. The zero-order valence-electron chi connectivity index (χ0n) is 6.13. The zero-order chi connectivity index (χ0) is 8.72. The van der Waals surface area contributed by atoms with Crippen molar-refractivity contribution in [2.75, 3.05) is 0 Å². The molecule has 62 valence electrons. The van der Waals surface area contributed by atoms with E-state index in [1.807, 2.05) is 0 Å². The van der Waals surface area contributed by atoms with Crippen molar-refractivity contribution in [3.05, 3.63) is 23.7 Å². The molecule has 1 amide bonds. The average Bonchev–Trinajstić information content (AvgIpc) is 2.31. The lowest BCUT2D eigenvalue weighted by Crippen LogP contribution is -2.18. The molecule has 1 N–H and O–H groups in total. The summed E-state index contributed by atoms with van der Waals surface area (Å²) in [5.41, 5.74) is 0.520. The van der Waals surface area contributed by atoms with Gasteiger partial charge in [0.05, 0.1) is 5.92 Å². The summed E-state index contributed by atoms with van der Waals surface area (Å²) in [5, 5.41) is 2.39. The van der Waals surface area contributed by atoms with Crippen LogP contribution >= 0.6 is 0 Å². The molecule has 1 aliphatic carbocycles. The standard InChI is InChI=1S/C8H6FNO2/c9-4-1-2-6-5(3-4)7(11)8(12)10-6/h1-2,5H,3H2,(H,10,12). The summed E-state index contributed by atoms with van der Waals surface area (Å²) >= 11 is 0. The first-order chi connectivity index (χ1) is 5.68. The first-order valence-electron chi connectivity index (χ1n) is 3.60. The molecule has 0 spiro atoms. The van der Waals surface area contributed by atoms with E-state index < -0.39 is 17.6 Å². The van der Waals surface area contributed by atoms with Gasteiger partial charge in [-0.2, -0.15) is 0 Å². The van der Waals surface area contributed by atoms with E-state index in [2.05, 4.69) is 5.32 Å². The van der Waals surface area contributed by atoms with Crippen molar-refractivity contribution in [3.63, 3.8) is 0 Å². The zero-order valence-corrected chi connectivity index (χ0v) is 6.13. The minimum Gasteiger partial charge on any atom is -0.322 e. The predicted octanol–water partition coefficient (Wildman–Crippen LogP) is 0.443. The number of nitrogens with one attached hydrogen (secondary N) is 1. The van der Waals surface area contributed by atoms with Crippen molar-refractivity contribution >= 4 is 11.7 Å². The molecular weight excluding hydrogens is 161 g/mol. The number of fused-ring (bicyclic) bond motifs is 1. The van der Waals surface area contributed by atoms with E-state index in [4.69, 9.17) is 0 Å². The molecule has 1 aliphatic heterocycles. The second-order valence-electron chi connectivity index (χ2n) is 2.81. The highest BCUT2D eigenvalue weighted by Gasteiger charge is 2.38. The third-order valence-electron chi connectivity index (χ3n) is 2.02. The molecule has 1 atom stereocenters. The summed E-state index contributed by atoms with van der Waals surface area (Å²) in [5.74, 6) is -2.12. The Kier molecular flexibility index (Phi) is 1.36. The second-order valence-corrected chi connectivity index (χ2v) is 2.81. The summed E-state index contributed by atoms with van der Waals surface area (Å²) in [6, 6.07) is 0. The van der Waals surface area contributed by atoms with Gasteiger partial charge < -0.3 is 5.32 Å². The number of ketones is 1. The van der Waals surface area contributed by atoms with Crippen LogP contribution in [0.4, 0.5) is 4.39 Å². The van der Waals surface area contributed by atoms with Gasteiger partial charge in [0.2, 0.25) is 5.78 Å². The average molecular weight is 167 g/mol. The van der Waals surface area contributed by atoms with Crippen molar-refractivity contribution in [2.45, 2.75) is 6.42 Å². The number of allylic oxidation sites excluding steroid dienone is 4. The van der Waals surface area contributed by atoms with Gasteiger partial charge in [0.25, 0.3) is 5.91 Å². The fourth-order valence-electron chi connectivity index (χ4n) is 1.38. The van der Waals surface area contributed by atoms with Crippen LogP contribution in [0.25, 0.3) is 0 Å². The van der Waals surface area contributed by atoms with E-state index in [0.717, 1.165) is 0 Å². The molecule has 0 aromatic carbocycles. The van der Waals surface area contributed by atoms with E-state index in [9.17, 15) is 14.0 Å². The molecule has 4 heteroatoms. The van der Waals surface area contributed by atoms with Gasteiger partial charge in [-0.05, 0) is 12.2 Å². The molecule has 1 fully saturated rings. The van der Waals surface area contributed by atoms with Gasteiger partial charge in [0.15, 0.2) is 0 Å². The third kappa shape index (κ3) is 0.879. The Morgan fingerprint density at radius 2 is 2.17 bits per heavy atom. The summed E-state index contributed by atoms with van der Waals surface area (Å²) in [6.45, 7) is 0. The highest BCUT2D eigenvalue weighted by molar-refractivity contribution is 6.40. The minimum atomic E-state index is -0.630. The Morgan fingerprint density at radius 1 is 1.42 bits per heavy atom. The number of carbonyl (C=O) groups excluding carboxylic acids is 2. The maximum atomic E-state index is 12.6. The van der Waals surface area contributed by atoms with E-state index >= 15 is 0 Å². The van der Waals surface area contributed by atoms with Crippen LogP contribution in [0.1, 0.15) is 6.42 Å². The predicted molar refractivity (Wildman–Crippen MR) is 38.5 cm³/mol. The van der Waals surface area contributed by atoms with Gasteiger partial charge in [-0.15, -0.1) is 0 Å². The van der Waals surface area contributed by atoms with Crippen molar-refractivity contribution in [2.24, 2.45) is 5.92 Å². The van der Waals surface area contributed by atoms with Crippen molar-refractivity contribution in [1.29, 1.82) is 0 Å². The van der Waals surface area contributed by atoms with Crippen LogP contribution in [0.3, 0.4) is 0 Å². The molecular formula is C8H6FNO2. The largest absolute Gasteiger partial charge is 0.322 e. The summed E-state index contributed by atoms with van der Waals surface area (Å²) in [7, 11) is 0. The lowest BCUT2D eigenvalue weighted by atomic mass is 9.95. The van der Waals surface area contributed by atoms with Crippen LogP contribution in [-0.4, -0.2) is 11.7 Å². The Bertz CT molecular complexity index is 330. The Balaban J connectivity index is 2.36. The van der Waals surface area contributed by atoms with Crippen LogP contribution < -0.4 is 5.32 Å². The summed E-state index contributed by atoms with van der Waals surface area (Å²) in [4.78, 5) is 21.8. The molecule has 3 nitrogen and oxygen atoms in total. The normalized spacial score (nSPS) is 27.6. The first kappa shape index (κ1) is 7.21. The maximum absolute atomic E-state index is 12.6. The number of amides is 1. The van der Waals surface area contributed by atoms with Crippen LogP contribution in [-0.2, 0) is 9.59 Å². The van der Waals surface area contributed by atoms with Crippen molar-refractivity contribution in [3.8, 4) is 0 Å². The van der Waals surface area contributed by atoms with Gasteiger partial charge in [-0.1, -0.05) is 0 Å². The van der Waals surface area contributed by atoms with Gasteiger partial charge in [-0.3, -0.25) is 9.59 Å². The molecule has 1 heterocycles. The van der Waals surface area contributed by atoms with E-state index in [-0.39, 0.29) is 12.2 Å². The number of hydrogen-bond acceptors (Lipinski definition) is 2. The molecule has 12 heavy (non-hydrogen) atoms. The van der Waals surface area contributed by atoms with Gasteiger partial charge in [0, 0.05) is 12.1 Å². The fraction of sp³-hybridized carbons (Fsp3) is 0.250. The number of Topliss-reactive ketones (excluding diaryl/α,β-unsaturated/α-hetero) is 1. The molecule has 2 rings (SSSR count). The Labute approximate surface area is 67.9 Å². The quantitative estimate of drug-likeness (QED) is 0.532.